The van der Waals surface area contributed by atoms with Gasteiger partial charge in [-0.05, 0) is 45.5 Å². The first-order valence-electron chi connectivity index (χ1n) is 4.01. The molecule has 0 fully saturated rings. The molecule has 0 spiro atoms. The predicted molar refractivity (Wildman–Crippen MR) is 56.9 cm³/mol. The molecule has 0 bridgehead atoms. The zero-order chi connectivity index (χ0) is 9.97. The molecule has 0 saturated carbocycles. The second-order valence-electron chi connectivity index (χ2n) is 2.89. The third-order valence-corrected chi connectivity index (χ3v) is 3.03. The Morgan fingerprint density at radius 2 is 2.50 bits per heavy atom. The number of halogens is 1. The van der Waals surface area contributed by atoms with Gasteiger partial charge in [-0.3, -0.25) is 0 Å². The molecule has 0 aliphatic rings. The van der Waals surface area contributed by atoms with Crippen molar-refractivity contribution >= 4 is 27.5 Å². The fourth-order valence-corrected chi connectivity index (χ4v) is 2.03. The molecule has 2 aromatic rings. The highest BCUT2D eigenvalue weighted by atomic mass is 79.9. The monoisotopic (exact) mass is 273 g/mol. The van der Waals surface area contributed by atoms with E-state index in [1.54, 1.807) is 12.5 Å². The molecular weight excluding hydrogens is 266 g/mol. The van der Waals surface area contributed by atoms with Crippen LogP contribution in [-0.4, -0.2) is 9.59 Å². The SMILES string of the molecule is NC(Cc1coc(Br)c1)c1cnns1. The summed E-state index contributed by atoms with van der Waals surface area (Å²) in [5.74, 6) is 0. The van der Waals surface area contributed by atoms with Gasteiger partial charge in [0.25, 0.3) is 0 Å². The maximum absolute atomic E-state index is 5.95. The van der Waals surface area contributed by atoms with Crippen molar-refractivity contribution in [1.29, 1.82) is 0 Å². The molecule has 74 valence electrons. The first kappa shape index (κ1) is 9.82. The number of rotatable bonds is 3. The molecule has 0 radical (unpaired) electrons. The van der Waals surface area contributed by atoms with Crippen LogP contribution in [0.3, 0.4) is 0 Å². The van der Waals surface area contributed by atoms with E-state index in [2.05, 4.69) is 25.5 Å². The van der Waals surface area contributed by atoms with Crippen LogP contribution >= 0.6 is 27.5 Å². The van der Waals surface area contributed by atoms with Crippen molar-refractivity contribution in [2.45, 2.75) is 12.5 Å². The van der Waals surface area contributed by atoms with Gasteiger partial charge in [-0.2, -0.15) is 0 Å². The van der Waals surface area contributed by atoms with Gasteiger partial charge in [0.2, 0.25) is 0 Å². The quantitative estimate of drug-likeness (QED) is 0.931. The Balaban J connectivity index is 2.05. The zero-order valence-corrected chi connectivity index (χ0v) is 9.59. The lowest BCUT2D eigenvalue weighted by Crippen LogP contribution is -2.11. The summed E-state index contributed by atoms with van der Waals surface area (Å²) in [5, 5.41) is 3.75. The number of furan rings is 1. The molecule has 0 aliphatic carbocycles. The highest BCUT2D eigenvalue weighted by molar-refractivity contribution is 9.10. The second kappa shape index (κ2) is 4.20. The number of hydrogen-bond donors (Lipinski definition) is 1. The van der Waals surface area contributed by atoms with Gasteiger partial charge in [-0.1, -0.05) is 4.49 Å². The van der Waals surface area contributed by atoms with Crippen molar-refractivity contribution in [3.63, 3.8) is 0 Å². The van der Waals surface area contributed by atoms with Gasteiger partial charge in [0.1, 0.15) is 0 Å². The minimum absolute atomic E-state index is 0.0560. The average Bonchev–Trinajstić information content (AvgIpc) is 2.75. The van der Waals surface area contributed by atoms with E-state index >= 15 is 0 Å². The van der Waals surface area contributed by atoms with E-state index in [9.17, 15) is 0 Å². The van der Waals surface area contributed by atoms with Crippen LogP contribution in [-0.2, 0) is 6.42 Å². The molecule has 0 aliphatic heterocycles. The second-order valence-corrected chi connectivity index (χ2v) is 4.49. The molecule has 6 heteroatoms. The maximum atomic E-state index is 5.95. The van der Waals surface area contributed by atoms with Gasteiger partial charge in [0, 0.05) is 6.04 Å². The van der Waals surface area contributed by atoms with Crippen molar-refractivity contribution in [2.75, 3.05) is 0 Å². The predicted octanol–water partition coefficient (Wildman–Crippen LogP) is 2.14. The molecule has 1 atom stereocenters. The van der Waals surface area contributed by atoms with Gasteiger partial charge in [0.05, 0.1) is 17.3 Å². The Morgan fingerprint density at radius 1 is 1.64 bits per heavy atom. The lowest BCUT2D eigenvalue weighted by molar-refractivity contribution is 0.537. The van der Waals surface area contributed by atoms with Crippen molar-refractivity contribution in [1.82, 2.24) is 9.59 Å². The summed E-state index contributed by atoms with van der Waals surface area (Å²) in [6, 6.07) is 1.86. The van der Waals surface area contributed by atoms with Gasteiger partial charge in [-0.15, -0.1) is 5.10 Å². The van der Waals surface area contributed by atoms with Crippen LogP contribution in [0.2, 0.25) is 0 Å². The number of nitrogens with zero attached hydrogens (tertiary/aromatic N) is 2. The topological polar surface area (TPSA) is 64.9 Å². The van der Waals surface area contributed by atoms with E-state index in [0.717, 1.165) is 21.5 Å². The number of hydrogen-bond acceptors (Lipinski definition) is 5. The summed E-state index contributed by atoms with van der Waals surface area (Å²) in [6.45, 7) is 0. The van der Waals surface area contributed by atoms with Crippen molar-refractivity contribution < 1.29 is 4.42 Å². The minimum atomic E-state index is -0.0560. The van der Waals surface area contributed by atoms with Gasteiger partial charge < -0.3 is 10.2 Å². The fraction of sp³-hybridized carbons (Fsp3) is 0.250. The first-order valence-corrected chi connectivity index (χ1v) is 5.58. The molecule has 4 nitrogen and oxygen atoms in total. The first-order chi connectivity index (χ1) is 6.75. The molecule has 2 aromatic heterocycles. The molecule has 2 rings (SSSR count). The van der Waals surface area contributed by atoms with E-state index in [1.807, 2.05) is 6.07 Å². The van der Waals surface area contributed by atoms with E-state index in [-0.39, 0.29) is 6.04 Å². The largest absolute Gasteiger partial charge is 0.457 e. The Bertz CT molecular complexity index is 400. The van der Waals surface area contributed by atoms with E-state index in [1.165, 1.54) is 11.5 Å². The Morgan fingerprint density at radius 3 is 3.07 bits per heavy atom. The molecule has 0 aromatic carbocycles. The lowest BCUT2D eigenvalue weighted by Gasteiger charge is -2.04. The smallest absolute Gasteiger partial charge is 0.169 e. The van der Waals surface area contributed by atoms with Crippen LogP contribution in [0.25, 0.3) is 0 Å². The van der Waals surface area contributed by atoms with Crippen LogP contribution in [0, 0.1) is 0 Å². The van der Waals surface area contributed by atoms with Crippen LogP contribution in [0.4, 0.5) is 0 Å². The lowest BCUT2D eigenvalue weighted by atomic mass is 10.1. The Kier molecular flexibility index (Phi) is 2.95. The summed E-state index contributed by atoms with van der Waals surface area (Å²) in [4.78, 5) is 0.988. The van der Waals surface area contributed by atoms with Crippen LogP contribution in [0.5, 0.6) is 0 Å². The number of nitrogens with two attached hydrogens (primary N) is 1. The van der Waals surface area contributed by atoms with Gasteiger partial charge in [0.15, 0.2) is 4.67 Å². The third kappa shape index (κ3) is 2.20. The van der Waals surface area contributed by atoms with Crippen LogP contribution in [0.15, 0.2) is 27.6 Å². The highest BCUT2D eigenvalue weighted by Crippen LogP contribution is 2.21. The molecular formula is C8H8BrN3OS. The summed E-state index contributed by atoms with van der Waals surface area (Å²) in [6.07, 6.45) is 4.13. The summed E-state index contributed by atoms with van der Waals surface area (Å²) < 4.78 is 9.61. The fourth-order valence-electron chi connectivity index (χ4n) is 1.15. The molecule has 14 heavy (non-hydrogen) atoms. The zero-order valence-electron chi connectivity index (χ0n) is 7.18. The minimum Gasteiger partial charge on any atom is -0.457 e. The van der Waals surface area contributed by atoms with Gasteiger partial charge >= 0.3 is 0 Å². The molecule has 2 N–H and O–H groups in total. The highest BCUT2D eigenvalue weighted by Gasteiger charge is 2.10. The maximum Gasteiger partial charge on any atom is 0.169 e. The summed E-state index contributed by atoms with van der Waals surface area (Å²) in [5.41, 5.74) is 7.02. The van der Waals surface area contributed by atoms with E-state index in [4.69, 9.17) is 10.2 Å². The van der Waals surface area contributed by atoms with Gasteiger partial charge in [-0.25, -0.2) is 0 Å². The Labute approximate surface area is 93.4 Å². The van der Waals surface area contributed by atoms with E-state index < -0.39 is 0 Å². The van der Waals surface area contributed by atoms with Crippen molar-refractivity contribution in [3.05, 3.63) is 33.6 Å². The Hall–Kier alpha value is -0.720. The van der Waals surface area contributed by atoms with E-state index in [0.29, 0.717) is 0 Å². The molecule has 0 saturated heterocycles. The third-order valence-electron chi connectivity index (χ3n) is 1.82. The summed E-state index contributed by atoms with van der Waals surface area (Å²) in [7, 11) is 0. The average molecular weight is 274 g/mol. The molecule has 0 amide bonds. The normalized spacial score (nSPS) is 13.0. The van der Waals surface area contributed by atoms with Crippen molar-refractivity contribution in [2.24, 2.45) is 5.73 Å². The summed E-state index contributed by atoms with van der Waals surface area (Å²) >= 11 is 4.57. The van der Waals surface area contributed by atoms with Crippen LogP contribution in [0.1, 0.15) is 16.5 Å². The van der Waals surface area contributed by atoms with Crippen molar-refractivity contribution in [3.8, 4) is 0 Å². The molecule has 1 unspecified atom stereocenters. The molecule has 2 heterocycles. The van der Waals surface area contributed by atoms with Crippen LogP contribution < -0.4 is 5.73 Å². The number of aromatic nitrogens is 2. The standard InChI is InChI=1S/C8H8BrN3OS/c9-8-2-5(4-13-8)1-6(10)7-3-11-12-14-7/h2-4,6H,1,10H2.